The molecular weight excluding hydrogens is 422 g/mol. The fourth-order valence-corrected chi connectivity index (χ4v) is 3.25. The topological polar surface area (TPSA) is 61.3 Å². The van der Waals surface area contributed by atoms with Gasteiger partial charge < -0.3 is 16.2 Å². The number of hydrogen-bond donors (Lipinski definition) is 2. The van der Waals surface area contributed by atoms with Crippen molar-refractivity contribution >= 4 is 11.4 Å². The molecule has 0 bridgehead atoms. The lowest BCUT2D eigenvalue weighted by molar-refractivity contribution is -0.274. The fraction of sp³-hybridized carbons (Fsp3) is 0.182. The molecule has 0 saturated heterocycles. The van der Waals surface area contributed by atoms with Crippen molar-refractivity contribution in [2.24, 2.45) is 0 Å². The van der Waals surface area contributed by atoms with Crippen molar-refractivity contribution in [2.45, 2.75) is 26.4 Å². The van der Waals surface area contributed by atoms with Gasteiger partial charge in [-0.3, -0.25) is 0 Å². The molecule has 0 aliphatic heterocycles. The molecule has 0 aromatic heterocycles. The number of alkyl halides is 6. The summed E-state index contributed by atoms with van der Waals surface area (Å²) in [5, 5.41) is 0. The molecule has 0 atom stereocenters. The van der Waals surface area contributed by atoms with Crippen molar-refractivity contribution in [3.05, 3.63) is 65.2 Å². The van der Waals surface area contributed by atoms with Crippen molar-refractivity contribution in [1.82, 2.24) is 0 Å². The van der Waals surface area contributed by atoms with Crippen LogP contribution in [0.4, 0.5) is 37.7 Å². The minimum atomic E-state index is -5.04. The van der Waals surface area contributed by atoms with Crippen LogP contribution in [0.25, 0.3) is 22.3 Å². The smallest absolute Gasteiger partial charge is 0.404 e. The maximum Gasteiger partial charge on any atom is 0.573 e. The molecule has 0 radical (unpaired) electrons. The second kappa shape index (κ2) is 7.72. The Morgan fingerprint density at radius 3 is 1.81 bits per heavy atom. The summed E-state index contributed by atoms with van der Waals surface area (Å²) in [6.45, 7) is 3.36. The van der Waals surface area contributed by atoms with Gasteiger partial charge in [0.15, 0.2) is 5.75 Å². The maximum atomic E-state index is 13.9. The van der Waals surface area contributed by atoms with Crippen LogP contribution in [0.1, 0.15) is 16.7 Å². The summed E-state index contributed by atoms with van der Waals surface area (Å²) in [4.78, 5) is 0. The molecular formula is C22H18F6N2O. The van der Waals surface area contributed by atoms with Crippen LogP contribution in [0.15, 0.2) is 48.5 Å². The van der Waals surface area contributed by atoms with Crippen LogP contribution < -0.4 is 16.2 Å². The van der Waals surface area contributed by atoms with Gasteiger partial charge in [0.2, 0.25) is 0 Å². The van der Waals surface area contributed by atoms with Crippen LogP contribution in [-0.4, -0.2) is 6.36 Å². The number of aryl methyl sites for hydroxylation is 2. The van der Waals surface area contributed by atoms with Crippen molar-refractivity contribution in [2.75, 3.05) is 11.5 Å². The largest absolute Gasteiger partial charge is 0.573 e. The Labute approximate surface area is 174 Å². The summed E-state index contributed by atoms with van der Waals surface area (Å²) in [6.07, 6.45) is -9.79. The lowest BCUT2D eigenvalue weighted by Crippen LogP contribution is -2.18. The number of ether oxygens (including phenoxy) is 1. The number of benzene rings is 3. The van der Waals surface area contributed by atoms with Crippen molar-refractivity contribution in [3.63, 3.8) is 0 Å². The molecule has 3 aromatic carbocycles. The number of anilines is 2. The van der Waals surface area contributed by atoms with Crippen LogP contribution in [0.3, 0.4) is 0 Å². The maximum absolute atomic E-state index is 13.9. The number of hydrogen-bond acceptors (Lipinski definition) is 3. The van der Waals surface area contributed by atoms with E-state index in [0.29, 0.717) is 27.9 Å². The monoisotopic (exact) mass is 440 g/mol. The molecule has 0 heterocycles. The zero-order valence-corrected chi connectivity index (χ0v) is 16.4. The first-order valence-corrected chi connectivity index (χ1v) is 9.00. The summed E-state index contributed by atoms with van der Waals surface area (Å²) < 4.78 is 83.4. The third-order valence-corrected chi connectivity index (χ3v) is 4.80. The van der Waals surface area contributed by atoms with Crippen molar-refractivity contribution < 1.29 is 31.1 Å². The molecule has 9 heteroatoms. The molecule has 164 valence electrons. The molecule has 0 amide bonds. The molecule has 0 spiro atoms. The number of nitrogen functional groups attached to an aromatic ring is 2. The summed E-state index contributed by atoms with van der Waals surface area (Å²) in [5.74, 6) is -0.769. The quantitative estimate of drug-likeness (QED) is 0.351. The summed E-state index contributed by atoms with van der Waals surface area (Å²) in [7, 11) is 0. The minimum Gasteiger partial charge on any atom is -0.404 e. The molecule has 0 aliphatic rings. The highest BCUT2D eigenvalue weighted by Crippen LogP contribution is 2.43. The Bertz CT molecular complexity index is 1140. The van der Waals surface area contributed by atoms with Gasteiger partial charge in [0.25, 0.3) is 0 Å². The molecule has 0 fully saturated rings. The minimum absolute atomic E-state index is 0.107. The van der Waals surface area contributed by atoms with Crippen molar-refractivity contribution in [3.8, 4) is 28.0 Å². The standard InChI is InChI=1S/C22H18F6N2O/c1-11-8-16(14-4-6-19(30)20(9-14)31-22(26,27)28)17(21(23,24)25)10-15(11)13-3-5-18(29)12(2)7-13/h3-10H,29-30H2,1-2H3. The van der Waals surface area contributed by atoms with Gasteiger partial charge >= 0.3 is 12.5 Å². The summed E-state index contributed by atoms with van der Waals surface area (Å²) >= 11 is 0. The van der Waals surface area contributed by atoms with Crippen LogP contribution in [0.5, 0.6) is 5.75 Å². The summed E-state index contributed by atoms with van der Waals surface area (Å²) in [6, 6.07) is 10.3. The average Bonchev–Trinajstić information content (AvgIpc) is 2.63. The van der Waals surface area contributed by atoms with Gasteiger partial charge in [0.05, 0.1) is 11.3 Å². The van der Waals surface area contributed by atoms with E-state index >= 15 is 0 Å². The van der Waals surface area contributed by atoms with E-state index in [1.807, 2.05) is 0 Å². The second-order valence-electron chi connectivity index (χ2n) is 7.08. The van der Waals surface area contributed by atoms with E-state index in [2.05, 4.69) is 4.74 Å². The molecule has 0 saturated carbocycles. The third kappa shape index (κ3) is 4.87. The SMILES string of the molecule is Cc1cc(-c2cc(C(F)(F)F)c(-c3ccc(N)c(OC(F)(F)F)c3)cc2C)ccc1N. The second-order valence-corrected chi connectivity index (χ2v) is 7.08. The number of halogens is 6. The van der Waals surface area contributed by atoms with Gasteiger partial charge in [0, 0.05) is 5.69 Å². The predicted octanol–water partition coefficient (Wildman–Crippen LogP) is 6.72. The molecule has 0 aliphatic carbocycles. The van der Waals surface area contributed by atoms with Gasteiger partial charge in [-0.15, -0.1) is 13.2 Å². The Morgan fingerprint density at radius 1 is 0.677 bits per heavy atom. The number of nitrogens with two attached hydrogens (primary N) is 2. The van der Waals surface area contributed by atoms with Crippen LogP contribution in [0, 0.1) is 13.8 Å². The Kier molecular flexibility index (Phi) is 5.56. The molecule has 31 heavy (non-hydrogen) atoms. The van der Waals surface area contributed by atoms with Crippen molar-refractivity contribution in [1.29, 1.82) is 0 Å². The predicted molar refractivity (Wildman–Crippen MR) is 107 cm³/mol. The zero-order valence-electron chi connectivity index (χ0n) is 16.4. The van der Waals surface area contributed by atoms with Gasteiger partial charge in [-0.05, 0) is 77.6 Å². The molecule has 3 aromatic rings. The third-order valence-electron chi connectivity index (χ3n) is 4.80. The fourth-order valence-electron chi connectivity index (χ4n) is 3.25. The van der Waals surface area contributed by atoms with Crippen LogP contribution in [-0.2, 0) is 6.18 Å². The van der Waals surface area contributed by atoms with E-state index in [1.165, 1.54) is 12.1 Å². The Hall–Kier alpha value is -3.36. The zero-order chi connectivity index (χ0) is 23.1. The summed E-state index contributed by atoms with van der Waals surface area (Å²) in [5.41, 5.74) is 12.2. The van der Waals surface area contributed by atoms with E-state index < -0.39 is 23.9 Å². The van der Waals surface area contributed by atoms with E-state index in [4.69, 9.17) is 11.5 Å². The van der Waals surface area contributed by atoms with Crippen LogP contribution >= 0.6 is 0 Å². The lowest BCUT2D eigenvalue weighted by Gasteiger charge is -2.19. The van der Waals surface area contributed by atoms with Crippen LogP contribution in [0.2, 0.25) is 0 Å². The number of rotatable bonds is 3. The van der Waals surface area contributed by atoms with Gasteiger partial charge in [-0.25, -0.2) is 0 Å². The highest BCUT2D eigenvalue weighted by Gasteiger charge is 2.35. The Balaban J connectivity index is 2.21. The van der Waals surface area contributed by atoms with E-state index in [9.17, 15) is 26.3 Å². The normalized spacial score (nSPS) is 12.1. The first kappa shape index (κ1) is 22.3. The first-order valence-electron chi connectivity index (χ1n) is 9.00. The van der Waals surface area contributed by atoms with E-state index in [-0.39, 0.29) is 16.8 Å². The van der Waals surface area contributed by atoms with Gasteiger partial charge in [-0.1, -0.05) is 18.2 Å². The highest BCUT2D eigenvalue weighted by molar-refractivity contribution is 5.79. The Morgan fingerprint density at radius 2 is 1.26 bits per heavy atom. The highest BCUT2D eigenvalue weighted by atomic mass is 19.4. The first-order chi connectivity index (χ1) is 14.3. The molecule has 0 unspecified atom stereocenters. The van der Waals surface area contributed by atoms with Gasteiger partial charge in [-0.2, -0.15) is 13.2 Å². The molecule has 4 N–H and O–H groups in total. The van der Waals surface area contributed by atoms with E-state index in [1.54, 1.807) is 32.0 Å². The average molecular weight is 440 g/mol. The lowest BCUT2D eigenvalue weighted by atomic mass is 9.90. The van der Waals surface area contributed by atoms with Gasteiger partial charge in [0.1, 0.15) is 0 Å². The molecule has 3 rings (SSSR count). The van der Waals surface area contributed by atoms with E-state index in [0.717, 1.165) is 18.2 Å². The molecule has 3 nitrogen and oxygen atoms in total.